The Morgan fingerprint density at radius 3 is 2.61 bits per heavy atom. The second kappa shape index (κ2) is 9.58. The lowest BCUT2D eigenvalue weighted by Gasteiger charge is -2.15. The lowest BCUT2D eigenvalue weighted by atomic mass is 10.0. The van der Waals surface area contributed by atoms with Gasteiger partial charge < -0.3 is 19.1 Å². The van der Waals surface area contributed by atoms with Gasteiger partial charge in [-0.2, -0.15) is 0 Å². The van der Waals surface area contributed by atoms with E-state index >= 15 is 0 Å². The van der Waals surface area contributed by atoms with Crippen molar-refractivity contribution in [1.29, 1.82) is 0 Å². The Hall–Kier alpha value is -2.11. The monoisotopic (exact) mass is 489 g/mol. The van der Waals surface area contributed by atoms with Crippen LogP contribution in [-0.4, -0.2) is 49.2 Å². The van der Waals surface area contributed by atoms with Gasteiger partial charge in [-0.25, -0.2) is 13.4 Å². The predicted octanol–water partition coefficient (Wildman–Crippen LogP) is 3.79. The highest BCUT2D eigenvalue weighted by atomic mass is 35.5. The first-order valence-corrected chi connectivity index (χ1v) is 11.6. The maximum atomic E-state index is 12.1. The fourth-order valence-corrected chi connectivity index (χ4v) is 4.14. The van der Waals surface area contributed by atoms with Crippen molar-refractivity contribution in [2.24, 2.45) is 0 Å². The molecule has 0 amide bonds. The van der Waals surface area contributed by atoms with Crippen molar-refractivity contribution in [1.82, 2.24) is 10.1 Å². The molecule has 3 aromatic rings. The summed E-state index contributed by atoms with van der Waals surface area (Å²) in [6.45, 7) is 3.72. The van der Waals surface area contributed by atoms with Crippen LogP contribution in [0.1, 0.15) is 31.1 Å². The highest BCUT2D eigenvalue weighted by Crippen LogP contribution is 2.36. The number of pyridine rings is 1. The maximum Gasteiger partial charge on any atom is 0.236 e. The molecule has 2 N–H and O–H groups in total. The molecule has 0 aliphatic carbocycles. The Morgan fingerprint density at radius 2 is 1.97 bits per heavy atom. The SMILES string of the molecule is COCCS(=O)(=O)Nc1noc2cc(C(O)c3cnc(OC(C)C)c(Cl)c3)c(Cl)cc12. The minimum atomic E-state index is -3.68. The number of hydrogen-bond acceptors (Lipinski definition) is 8. The number of sulfonamides is 1. The molecule has 12 heteroatoms. The predicted molar refractivity (Wildman–Crippen MR) is 117 cm³/mol. The smallest absolute Gasteiger partial charge is 0.236 e. The minimum absolute atomic E-state index is 0.00561. The van der Waals surface area contributed by atoms with Crippen LogP contribution >= 0.6 is 23.2 Å². The summed E-state index contributed by atoms with van der Waals surface area (Å²) in [6, 6.07) is 4.48. The summed E-state index contributed by atoms with van der Waals surface area (Å²) >= 11 is 12.6. The zero-order valence-corrected chi connectivity index (χ0v) is 19.3. The fourth-order valence-electron chi connectivity index (χ4n) is 2.73. The van der Waals surface area contributed by atoms with Crippen molar-refractivity contribution in [2.75, 3.05) is 24.2 Å². The van der Waals surface area contributed by atoms with Crippen molar-refractivity contribution < 1.29 is 27.5 Å². The van der Waals surface area contributed by atoms with E-state index < -0.39 is 16.1 Å². The summed E-state index contributed by atoms with van der Waals surface area (Å²) in [7, 11) is -2.28. The van der Waals surface area contributed by atoms with Gasteiger partial charge in [-0.3, -0.25) is 4.72 Å². The van der Waals surface area contributed by atoms with Crippen LogP contribution in [0, 0.1) is 0 Å². The van der Waals surface area contributed by atoms with E-state index in [1.165, 1.54) is 31.5 Å². The molecule has 0 fully saturated rings. The summed E-state index contributed by atoms with van der Waals surface area (Å²) in [5.41, 5.74) is 0.943. The Morgan fingerprint density at radius 1 is 1.23 bits per heavy atom. The maximum absolute atomic E-state index is 12.1. The molecule has 168 valence electrons. The third-order valence-electron chi connectivity index (χ3n) is 4.18. The lowest BCUT2D eigenvalue weighted by molar-refractivity contribution is 0.217. The molecule has 1 atom stereocenters. The Bertz CT molecular complexity index is 1180. The zero-order valence-electron chi connectivity index (χ0n) is 16.9. The summed E-state index contributed by atoms with van der Waals surface area (Å²) in [5.74, 6) is 0.0101. The van der Waals surface area contributed by atoms with E-state index in [2.05, 4.69) is 14.9 Å². The fraction of sp³-hybridized carbons (Fsp3) is 0.368. The number of fused-ring (bicyclic) bond motifs is 1. The number of methoxy groups -OCH3 is 1. The third kappa shape index (κ3) is 5.58. The molecule has 0 aliphatic heterocycles. The van der Waals surface area contributed by atoms with Gasteiger partial charge >= 0.3 is 0 Å². The third-order valence-corrected chi connectivity index (χ3v) is 5.99. The van der Waals surface area contributed by atoms with Gasteiger partial charge in [0.1, 0.15) is 11.1 Å². The number of anilines is 1. The number of aliphatic hydroxyl groups excluding tert-OH is 1. The molecule has 0 saturated heterocycles. The molecule has 0 radical (unpaired) electrons. The van der Waals surface area contributed by atoms with Gasteiger partial charge in [-0.15, -0.1) is 0 Å². The highest BCUT2D eigenvalue weighted by Gasteiger charge is 2.22. The Kier molecular flexibility index (Phi) is 7.28. The number of nitrogens with zero attached hydrogens (tertiary/aromatic N) is 2. The van der Waals surface area contributed by atoms with Gasteiger partial charge in [0.25, 0.3) is 0 Å². The van der Waals surface area contributed by atoms with Crippen molar-refractivity contribution in [2.45, 2.75) is 26.1 Å². The van der Waals surface area contributed by atoms with Crippen LogP contribution in [-0.2, 0) is 14.8 Å². The zero-order chi connectivity index (χ0) is 22.8. The molecule has 0 saturated carbocycles. The van der Waals surface area contributed by atoms with Crippen molar-refractivity contribution >= 4 is 50.0 Å². The van der Waals surface area contributed by atoms with Gasteiger partial charge in [0.2, 0.25) is 15.9 Å². The minimum Gasteiger partial charge on any atom is -0.474 e. The van der Waals surface area contributed by atoms with E-state index in [9.17, 15) is 13.5 Å². The molecular weight excluding hydrogens is 469 g/mol. The Balaban J connectivity index is 1.90. The highest BCUT2D eigenvalue weighted by molar-refractivity contribution is 7.92. The van der Waals surface area contributed by atoms with E-state index in [1.807, 2.05) is 13.8 Å². The van der Waals surface area contributed by atoms with Crippen molar-refractivity contribution in [3.8, 4) is 5.88 Å². The number of aliphatic hydroxyl groups is 1. The van der Waals surface area contributed by atoms with Crippen LogP contribution in [0.5, 0.6) is 5.88 Å². The van der Waals surface area contributed by atoms with Gasteiger partial charge in [0.05, 0.1) is 23.8 Å². The molecule has 31 heavy (non-hydrogen) atoms. The van der Waals surface area contributed by atoms with Gasteiger partial charge in [0.15, 0.2) is 11.4 Å². The van der Waals surface area contributed by atoms with Crippen LogP contribution in [0.4, 0.5) is 5.82 Å². The van der Waals surface area contributed by atoms with Crippen LogP contribution in [0.3, 0.4) is 0 Å². The van der Waals surface area contributed by atoms with Crippen LogP contribution in [0.15, 0.2) is 28.9 Å². The number of rotatable bonds is 9. The quantitative estimate of drug-likeness (QED) is 0.465. The lowest BCUT2D eigenvalue weighted by Crippen LogP contribution is -2.19. The standard InChI is InChI=1S/C19H21Cl2N3O6S/c1-10(2)29-19-15(21)6-11(9-22-19)17(25)12-8-16-13(7-14(12)20)18(23-30-16)24-31(26,27)5-4-28-3/h6-10,17,25H,4-5H2,1-3H3,(H,23,24). The van der Waals surface area contributed by atoms with E-state index in [0.29, 0.717) is 16.5 Å². The normalized spacial score (nSPS) is 13.0. The Labute approximate surface area is 189 Å². The number of ether oxygens (including phenoxy) is 2. The van der Waals surface area contributed by atoms with E-state index in [0.717, 1.165) is 0 Å². The van der Waals surface area contributed by atoms with Crippen molar-refractivity contribution in [3.05, 3.63) is 45.6 Å². The summed E-state index contributed by atoms with van der Waals surface area (Å²) < 4.78 is 42.0. The molecule has 9 nitrogen and oxygen atoms in total. The second-order valence-electron chi connectivity index (χ2n) is 6.94. The topological polar surface area (TPSA) is 124 Å². The van der Waals surface area contributed by atoms with E-state index in [-0.39, 0.29) is 45.8 Å². The molecular formula is C19H21Cl2N3O6S. The largest absolute Gasteiger partial charge is 0.474 e. The average molecular weight is 490 g/mol. The molecule has 0 spiro atoms. The van der Waals surface area contributed by atoms with Crippen molar-refractivity contribution in [3.63, 3.8) is 0 Å². The van der Waals surface area contributed by atoms with Crippen LogP contribution in [0.25, 0.3) is 11.0 Å². The van der Waals surface area contributed by atoms with E-state index in [1.54, 1.807) is 0 Å². The first kappa shape index (κ1) is 23.6. The van der Waals surface area contributed by atoms with Crippen LogP contribution < -0.4 is 9.46 Å². The molecule has 2 heterocycles. The number of benzene rings is 1. The first-order valence-electron chi connectivity index (χ1n) is 9.19. The van der Waals surface area contributed by atoms with Gasteiger partial charge in [-0.1, -0.05) is 28.4 Å². The number of halogens is 2. The van der Waals surface area contributed by atoms with E-state index in [4.69, 9.17) is 37.2 Å². The van der Waals surface area contributed by atoms with Gasteiger partial charge in [-0.05, 0) is 32.0 Å². The number of hydrogen-bond donors (Lipinski definition) is 2. The molecule has 0 aliphatic rings. The summed E-state index contributed by atoms with van der Waals surface area (Å²) in [5, 5.41) is 15.3. The summed E-state index contributed by atoms with van der Waals surface area (Å²) in [4.78, 5) is 4.15. The molecule has 1 unspecified atom stereocenters. The van der Waals surface area contributed by atoms with Gasteiger partial charge in [0, 0.05) is 29.5 Å². The molecule has 2 aromatic heterocycles. The average Bonchev–Trinajstić information content (AvgIpc) is 3.07. The number of nitrogens with one attached hydrogen (secondary N) is 1. The molecule has 1 aromatic carbocycles. The summed E-state index contributed by atoms with van der Waals surface area (Å²) in [6.07, 6.45) is 0.164. The molecule has 0 bridgehead atoms. The van der Waals surface area contributed by atoms with Crippen LogP contribution in [0.2, 0.25) is 10.0 Å². The molecule has 3 rings (SSSR count). The number of aromatic nitrogens is 2. The first-order chi connectivity index (χ1) is 14.6. The second-order valence-corrected chi connectivity index (χ2v) is 9.60.